The average molecular weight is 416 g/mol. The molecule has 0 aliphatic carbocycles. The van der Waals surface area contributed by atoms with Crippen molar-refractivity contribution in [2.45, 2.75) is 51.1 Å². The van der Waals surface area contributed by atoms with Crippen LogP contribution in [0.5, 0.6) is 0 Å². The Morgan fingerprint density at radius 3 is 2.81 bits per heavy atom. The van der Waals surface area contributed by atoms with Crippen molar-refractivity contribution in [3.05, 3.63) is 41.9 Å². The van der Waals surface area contributed by atoms with Gasteiger partial charge in [0, 0.05) is 60.4 Å². The number of aryl methyl sites for hydroxylation is 1. The van der Waals surface area contributed by atoms with Gasteiger partial charge in [0.25, 0.3) is 0 Å². The fourth-order valence-corrected chi connectivity index (χ4v) is 5.17. The van der Waals surface area contributed by atoms with Gasteiger partial charge in [0.1, 0.15) is 11.5 Å². The van der Waals surface area contributed by atoms with Crippen LogP contribution in [0.2, 0.25) is 0 Å². The van der Waals surface area contributed by atoms with Crippen molar-refractivity contribution in [1.82, 2.24) is 25.1 Å². The smallest absolute Gasteiger partial charge is 0.185 e. The normalized spacial score (nSPS) is 23.0. The standard InChI is InChI=1S/C23H25N7O/c1-14-10-21(29-28-14)26-20-13-19-18(4-2-8-25-19)22(27-20)23(31)15-11-16-5-6-17(12-15)30(16)9-3-7-24/h2,4,8,10,13,15-17H,3,5-6,9,11-12H2,1H3,(H2,26,27,28,29). The summed E-state index contributed by atoms with van der Waals surface area (Å²) in [6, 6.07) is 10.5. The Morgan fingerprint density at radius 2 is 2.10 bits per heavy atom. The van der Waals surface area contributed by atoms with E-state index in [9.17, 15) is 4.79 Å². The molecule has 8 heteroatoms. The van der Waals surface area contributed by atoms with E-state index in [4.69, 9.17) is 10.2 Å². The summed E-state index contributed by atoms with van der Waals surface area (Å²) in [5.74, 6) is 1.27. The molecule has 2 saturated heterocycles. The van der Waals surface area contributed by atoms with Crippen LogP contribution >= 0.6 is 0 Å². The van der Waals surface area contributed by atoms with Crippen molar-refractivity contribution in [3.63, 3.8) is 0 Å². The number of nitrogens with one attached hydrogen (secondary N) is 2. The van der Waals surface area contributed by atoms with Gasteiger partial charge in [-0.25, -0.2) is 4.98 Å². The molecule has 0 amide bonds. The van der Waals surface area contributed by atoms with Crippen LogP contribution in [-0.4, -0.2) is 49.5 Å². The van der Waals surface area contributed by atoms with E-state index in [0.29, 0.717) is 35.8 Å². The van der Waals surface area contributed by atoms with Gasteiger partial charge < -0.3 is 5.32 Å². The molecule has 2 aliphatic rings. The monoisotopic (exact) mass is 415 g/mol. The van der Waals surface area contributed by atoms with Gasteiger partial charge in [0.05, 0.1) is 11.6 Å². The Bertz CT molecular complexity index is 1150. The lowest BCUT2D eigenvalue weighted by molar-refractivity contribution is 0.0706. The Labute approximate surface area is 180 Å². The first-order valence-corrected chi connectivity index (χ1v) is 10.8. The minimum atomic E-state index is -0.0466. The molecule has 0 spiro atoms. The van der Waals surface area contributed by atoms with Crippen molar-refractivity contribution in [1.29, 1.82) is 5.26 Å². The van der Waals surface area contributed by atoms with Crippen molar-refractivity contribution >= 4 is 28.3 Å². The Morgan fingerprint density at radius 1 is 1.29 bits per heavy atom. The second-order valence-electron chi connectivity index (χ2n) is 8.55. The van der Waals surface area contributed by atoms with E-state index in [2.05, 4.69) is 31.5 Å². The lowest BCUT2D eigenvalue weighted by Gasteiger charge is -2.38. The molecule has 2 fully saturated rings. The highest BCUT2D eigenvalue weighted by Crippen LogP contribution is 2.40. The highest BCUT2D eigenvalue weighted by atomic mass is 16.1. The third-order valence-corrected chi connectivity index (χ3v) is 6.53. The molecule has 2 atom stereocenters. The lowest BCUT2D eigenvalue weighted by atomic mass is 9.85. The maximum atomic E-state index is 13.7. The molecule has 8 nitrogen and oxygen atoms in total. The summed E-state index contributed by atoms with van der Waals surface area (Å²) in [4.78, 5) is 25.3. The molecule has 158 valence electrons. The number of aromatic amines is 1. The zero-order valence-electron chi connectivity index (χ0n) is 17.5. The van der Waals surface area contributed by atoms with Crippen molar-refractivity contribution in [2.75, 3.05) is 11.9 Å². The molecular formula is C23H25N7O. The molecule has 3 aromatic heterocycles. The van der Waals surface area contributed by atoms with Gasteiger partial charge in [-0.15, -0.1) is 0 Å². The molecule has 2 unspecified atom stereocenters. The van der Waals surface area contributed by atoms with Gasteiger partial charge in [0.15, 0.2) is 11.6 Å². The lowest BCUT2D eigenvalue weighted by Crippen LogP contribution is -2.45. The molecule has 0 aromatic carbocycles. The number of nitrogens with zero attached hydrogens (tertiary/aromatic N) is 5. The third kappa shape index (κ3) is 3.77. The van der Waals surface area contributed by atoms with Crippen LogP contribution in [0.1, 0.15) is 48.3 Å². The predicted octanol–water partition coefficient (Wildman–Crippen LogP) is 3.74. The number of hydrogen-bond acceptors (Lipinski definition) is 7. The summed E-state index contributed by atoms with van der Waals surface area (Å²) >= 11 is 0. The molecular weight excluding hydrogens is 390 g/mol. The molecule has 2 bridgehead atoms. The van der Waals surface area contributed by atoms with Crippen LogP contribution in [-0.2, 0) is 0 Å². The number of anilines is 2. The number of piperidine rings is 1. The molecule has 2 N–H and O–H groups in total. The highest BCUT2D eigenvalue weighted by molar-refractivity contribution is 6.07. The fourth-order valence-electron chi connectivity index (χ4n) is 5.17. The predicted molar refractivity (Wildman–Crippen MR) is 117 cm³/mol. The van der Waals surface area contributed by atoms with Crippen LogP contribution in [0, 0.1) is 24.2 Å². The summed E-state index contributed by atoms with van der Waals surface area (Å²) in [7, 11) is 0. The van der Waals surface area contributed by atoms with Crippen LogP contribution in [0.25, 0.3) is 10.9 Å². The number of rotatable bonds is 6. The fraction of sp³-hybridized carbons (Fsp3) is 0.435. The Hall–Kier alpha value is -3.31. The number of Topliss-reactive ketones (excluding diaryl/α,β-unsaturated/α-hetero) is 1. The number of pyridine rings is 2. The van der Waals surface area contributed by atoms with E-state index in [1.54, 1.807) is 6.20 Å². The number of hydrogen-bond donors (Lipinski definition) is 2. The summed E-state index contributed by atoms with van der Waals surface area (Å²) in [5, 5.41) is 20.0. The number of carbonyl (C=O) groups excluding carboxylic acids is 1. The molecule has 0 saturated carbocycles. The minimum Gasteiger partial charge on any atom is -0.323 e. The van der Waals surface area contributed by atoms with E-state index in [-0.39, 0.29) is 11.7 Å². The SMILES string of the molecule is Cc1cc(Nc2cc3ncccc3c(C(=O)C3CC4CCC(C3)N4CCC#N)n2)n[nH]1. The Kier molecular flexibility index (Phi) is 5.12. The summed E-state index contributed by atoms with van der Waals surface area (Å²) in [6.45, 7) is 2.74. The number of fused-ring (bicyclic) bond motifs is 3. The van der Waals surface area contributed by atoms with Gasteiger partial charge in [-0.05, 0) is 44.7 Å². The molecule has 5 rings (SSSR count). The van der Waals surface area contributed by atoms with E-state index in [0.717, 1.165) is 48.8 Å². The van der Waals surface area contributed by atoms with E-state index >= 15 is 0 Å². The second kappa shape index (κ2) is 8.08. The summed E-state index contributed by atoms with van der Waals surface area (Å²) in [5.41, 5.74) is 2.16. The summed E-state index contributed by atoms with van der Waals surface area (Å²) in [6.07, 6.45) is 6.16. The maximum absolute atomic E-state index is 13.7. The Balaban J connectivity index is 1.44. The van der Waals surface area contributed by atoms with Gasteiger partial charge in [-0.3, -0.25) is 19.8 Å². The van der Waals surface area contributed by atoms with Crippen LogP contribution in [0.15, 0.2) is 30.5 Å². The minimum absolute atomic E-state index is 0.0466. The zero-order chi connectivity index (χ0) is 21.4. The van der Waals surface area contributed by atoms with Crippen LogP contribution < -0.4 is 5.32 Å². The number of H-pyrrole nitrogens is 1. The molecule has 31 heavy (non-hydrogen) atoms. The largest absolute Gasteiger partial charge is 0.323 e. The topological polar surface area (TPSA) is 111 Å². The van der Waals surface area contributed by atoms with Gasteiger partial charge in [0.2, 0.25) is 0 Å². The van der Waals surface area contributed by atoms with Crippen molar-refractivity contribution in [3.8, 4) is 6.07 Å². The van der Waals surface area contributed by atoms with Gasteiger partial charge >= 0.3 is 0 Å². The second-order valence-corrected chi connectivity index (χ2v) is 8.55. The first-order chi connectivity index (χ1) is 15.1. The number of nitriles is 1. The first kappa shape index (κ1) is 19.6. The van der Waals surface area contributed by atoms with E-state index in [1.807, 2.05) is 31.2 Å². The van der Waals surface area contributed by atoms with Crippen LogP contribution in [0.3, 0.4) is 0 Å². The molecule has 3 aromatic rings. The van der Waals surface area contributed by atoms with Crippen LogP contribution in [0.4, 0.5) is 11.6 Å². The van der Waals surface area contributed by atoms with Crippen molar-refractivity contribution < 1.29 is 4.79 Å². The zero-order valence-corrected chi connectivity index (χ0v) is 17.5. The number of aromatic nitrogens is 4. The summed E-state index contributed by atoms with van der Waals surface area (Å²) < 4.78 is 0. The van der Waals surface area contributed by atoms with E-state index in [1.165, 1.54) is 0 Å². The number of ketones is 1. The van der Waals surface area contributed by atoms with Gasteiger partial charge in [-0.2, -0.15) is 10.4 Å². The number of carbonyl (C=O) groups is 1. The van der Waals surface area contributed by atoms with E-state index < -0.39 is 0 Å². The van der Waals surface area contributed by atoms with Gasteiger partial charge in [-0.1, -0.05) is 0 Å². The van der Waals surface area contributed by atoms with Crippen molar-refractivity contribution in [2.24, 2.45) is 5.92 Å². The molecule has 2 aliphatic heterocycles. The highest BCUT2D eigenvalue weighted by Gasteiger charge is 2.43. The third-order valence-electron chi connectivity index (χ3n) is 6.53. The quantitative estimate of drug-likeness (QED) is 0.590. The molecule has 5 heterocycles. The average Bonchev–Trinajstić information content (AvgIpc) is 3.28. The first-order valence-electron chi connectivity index (χ1n) is 10.8. The maximum Gasteiger partial charge on any atom is 0.185 e. The molecule has 0 radical (unpaired) electrons.